The van der Waals surface area contributed by atoms with Crippen LogP contribution in [0.15, 0.2) is 53.2 Å². The van der Waals surface area contributed by atoms with E-state index in [2.05, 4.69) is 16.4 Å². The molecule has 23 heavy (non-hydrogen) atoms. The van der Waals surface area contributed by atoms with E-state index in [1.165, 1.54) is 5.56 Å². The van der Waals surface area contributed by atoms with Crippen molar-refractivity contribution < 1.29 is 9.53 Å². The molecule has 0 saturated carbocycles. The lowest BCUT2D eigenvalue weighted by molar-refractivity contribution is -0.115. The molecule has 3 rings (SSSR count). The Morgan fingerprint density at radius 1 is 1.09 bits per heavy atom. The number of nitrogens with one attached hydrogen (secondary N) is 1. The van der Waals surface area contributed by atoms with Gasteiger partial charge in [0.25, 0.3) is 5.91 Å². The first-order valence-electron chi connectivity index (χ1n) is 7.40. The summed E-state index contributed by atoms with van der Waals surface area (Å²) >= 11 is 0. The van der Waals surface area contributed by atoms with E-state index < -0.39 is 0 Å². The Morgan fingerprint density at radius 3 is 2.48 bits per heavy atom. The summed E-state index contributed by atoms with van der Waals surface area (Å²) in [7, 11) is 1.62. The molecule has 2 aromatic carbocycles. The standard InChI is InChI=1S/C19H18N2O2/c1-12-4-5-15(13(2)10-12)11-17-19(22)21-18(20-17)14-6-8-16(23-3)9-7-14/h4-11H,1-3H3,(H,20,21,22)/b17-11-. The lowest BCUT2D eigenvalue weighted by Gasteiger charge is -2.02. The minimum absolute atomic E-state index is 0.184. The third kappa shape index (κ3) is 3.16. The Balaban J connectivity index is 1.92. The molecule has 0 aliphatic carbocycles. The van der Waals surface area contributed by atoms with Crippen molar-refractivity contribution in [3.63, 3.8) is 0 Å². The van der Waals surface area contributed by atoms with Gasteiger partial charge in [0.05, 0.1) is 7.11 Å². The van der Waals surface area contributed by atoms with E-state index in [1.54, 1.807) is 7.11 Å². The molecule has 0 radical (unpaired) electrons. The van der Waals surface area contributed by atoms with Gasteiger partial charge in [-0.25, -0.2) is 4.99 Å². The van der Waals surface area contributed by atoms with Crippen molar-refractivity contribution in [3.8, 4) is 5.75 Å². The minimum atomic E-state index is -0.184. The molecule has 4 heteroatoms. The zero-order valence-electron chi connectivity index (χ0n) is 13.4. The molecular weight excluding hydrogens is 288 g/mol. The number of methoxy groups -OCH3 is 1. The second-order valence-corrected chi connectivity index (χ2v) is 5.53. The number of benzene rings is 2. The largest absolute Gasteiger partial charge is 0.497 e. The smallest absolute Gasteiger partial charge is 0.275 e. The number of carbonyl (C=O) groups excluding carboxylic acids is 1. The highest BCUT2D eigenvalue weighted by Gasteiger charge is 2.21. The van der Waals surface area contributed by atoms with Crippen LogP contribution in [-0.4, -0.2) is 18.9 Å². The highest BCUT2D eigenvalue weighted by Crippen LogP contribution is 2.19. The van der Waals surface area contributed by atoms with Crippen LogP contribution >= 0.6 is 0 Å². The predicted molar refractivity (Wildman–Crippen MR) is 91.6 cm³/mol. The topological polar surface area (TPSA) is 50.7 Å². The van der Waals surface area contributed by atoms with Gasteiger partial charge in [0.2, 0.25) is 0 Å². The molecule has 116 valence electrons. The van der Waals surface area contributed by atoms with Gasteiger partial charge >= 0.3 is 0 Å². The Bertz CT molecular complexity index is 818. The minimum Gasteiger partial charge on any atom is -0.497 e. The Labute approximate surface area is 135 Å². The molecule has 1 aliphatic rings. The normalized spacial score (nSPS) is 15.5. The van der Waals surface area contributed by atoms with Gasteiger partial charge in [-0.15, -0.1) is 0 Å². The van der Waals surface area contributed by atoms with E-state index in [-0.39, 0.29) is 5.91 Å². The van der Waals surface area contributed by atoms with Gasteiger partial charge in [0.15, 0.2) is 0 Å². The predicted octanol–water partition coefficient (Wildman–Crippen LogP) is 3.23. The highest BCUT2D eigenvalue weighted by atomic mass is 16.5. The van der Waals surface area contributed by atoms with Gasteiger partial charge in [0.1, 0.15) is 17.3 Å². The third-order valence-electron chi connectivity index (χ3n) is 3.78. The van der Waals surface area contributed by atoms with Crippen molar-refractivity contribution in [1.82, 2.24) is 5.32 Å². The van der Waals surface area contributed by atoms with Crippen LogP contribution in [0.5, 0.6) is 5.75 Å². The summed E-state index contributed by atoms with van der Waals surface area (Å²) in [4.78, 5) is 16.6. The number of aliphatic imine (C=N–C) groups is 1. The molecule has 0 bridgehead atoms. The molecule has 0 saturated heterocycles. The van der Waals surface area contributed by atoms with Crippen molar-refractivity contribution in [3.05, 3.63) is 70.4 Å². The average molecular weight is 306 g/mol. The molecule has 0 aromatic heterocycles. The Morgan fingerprint density at radius 2 is 1.83 bits per heavy atom. The summed E-state index contributed by atoms with van der Waals surface area (Å²) in [6.45, 7) is 4.08. The maximum absolute atomic E-state index is 12.1. The van der Waals surface area contributed by atoms with Crippen LogP contribution in [0.3, 0.4) is 0 Å². The average Bonchev–Trinajstić information content (AvgIpc) is 2.91. The fourth-order valence-corrected chi connectivity index (χ4v) is 2.49. The van der Waals surface area contributed by atoms with Gasteiger partial charge in [-0.3, -0.25) is 4.79 Å². The number of hydrogen-bond donors (Lipinski definition) is 1. The van der Waals surface area contributed by atoms with Gasteiger partial charge in [0, 0.05) is 5.56 Å². The summed E-state index contributed by atoms with van der Waals surface area (Å²) in [6.07, 6.45) is 1.82. The lowest BCUT2D eigenvalue weighted by atomic mass is 10.0. The maximum atomic E-state index is 12.1. The van der Waals surface area contributed by atoms with Crippen LogP contribution in [0, 0.1) is 13.8 Å². The molecule has 1 N–H and O–H groups in total. The molecule has 1 aliphatic heterocycles. The van der Waals surface area contributed by atoms with Crippen LogP contribution in [0.4, 0.5) is 0 Å². The van der Waals surface area contributed by atoms with E-state index in [1.807, 2.05) is 56.3 Å². The first-order chi connectivity index (χ1) is 11.1. The quantitative estimate of drug-likeness (QED) is 0.885. The number of ether oxygens (including phenoxy) is 1. The number of rotatable bonds is 3. The van der Waals surface area contributed by atoms with E-state index >= 15 is 0 Å². The van der Waals surface area contributed by atoms with Crippen molar-refractivity contribution in [2.75, 3.05) is 7.11 Å². The SMILES string of the molecule is COc1ccc(C2=N/C(=C\c3ccc(C)cc3C)C(=O)N2)cc1. The van der Waals surface area contributed by atoms with Crippen LogP contribution < -0.4 is 10.1 Å². The summed E-state index contributed by atoms with van der Waals surface area (Å²) in [5, 5.41) is 2.81. The van der Waals surface area contributed by atoms with Crippen LogP contribution in [0.25, 0.3) is 6.08 Å². The van der Waals surface area contributed by atoms with E-state index in [0.717, 1.165) is 22.4 Å². The molecule has 1 heterocycles. The summed E-state index contributed by atoms with van der Waals surface area (Å²) in [6, 6.07) is 13.6. The number of aryl methyl sites for hydroxylation is 2. The maximum Gasteiger partial charge on any atom is 0.275 e. The van der Waals surface area contributed by atoms with Gasteiger partial charge in [-0.2, -0.15) is 0 Å². The molecular formula is C19H18N2O2. The molecule has 2 aromatic rings. The van der Waals surface area contributed by atoms with Crippen molar-refractivity contribution >= 4 is 17.8 Å². The number of amidine groups is 1. The fourth-order valence-electron chi connectivity index (χ4n) is 2.49. The molecule has 0 atom stereocenters. The van der Waals surface area contributed by atoms with Crippen LogP contribution in [0.2, 0.25) is 0 Å². The summed E-state index contributed by atoms with van der Waals surface area (Å²) in [5.41, 5.74) is 4.59. The van der Waals surface area contributed by atoms with E-state index in [4.69, 9.17) is 4.74 Å². The van der Waals surface area contributed by atoms with Crippen LogP contribution in [0.1, 0.15) is 22.3 Å². The number of carbonyl (C=O) groups is 1. The van der Waals surface area contributed by atoms with E-state index in [9.17, 15) is 4.79 Å². The first kappa shape index (κ1) is 15.0. The molecule has 0 unspecified atom stereocenters. The number of nitrogens with zero attached hydrogens (tertiary/aromatic N) is 1. The summed E-state index contributed by atoms with van der Waals surface area (Å²) < 4.78 is 5.14. The third-order valence-corrected chi connectivity index (χ3v) is 3.78. The number of hydrogen-bond acceptors (Lipinski definition) is 3. The molecule has 1 amide bonds. The van der Waals surface area contributed by atoms with Crippen molar-refractivity contribution in [1.29, 1.82) is 0 Å². The van der Waals surface area contributed by atoms with Crippen molar-refractivity contribution in [2.24, 2.45) is 4.99 Å². The van der Waals surface area contributed by atoms with Gasteiger partial charge < -0.3 is 10.1 Å². The monoisotopic (exact) mass is 306 g/mol. The summed E-state index contributed by atoms with van der Waals surface area (Å²) in [5.74, 6) is 1.15. The highest BCUT2D eigenvalue weighted by molar-refractivity contribution is 6.19. The second-order valence-electron chi connectivity index (χ2n) is 5.53. The Kier molecular flexibility index (Phi) is 3.98. The zero-order chi connectivity index (χ0) is 16.4. The molecule has 0 spiro atoms. The first-order valence-corrected chi connectivity index (χ1v) is 7.40. The zero-order valence-corrected chi connectivity index (χ0v) is 13.4. The van der Waals surface area contributed by atoms with Crippen molar-refractivity contribution in [2.45, 2.75) is 13.8 Å². The van der Waals surface area contributed by atoms with Gasteiger partial charge in [-0.05, 0) is 55.3 Å². The fraction of sp³-hybridized carbons (Fsp3) is 0.158. The Hall–Kier alpha value is -2.88. The lowest BCUT2D eigenvalue weighted by Crippen LogP contribution is -2.24. The van der Waals surface area contributed by atoms with Crippen LogP contribution in [-0.2, 0) is 4.79 Å². The molecule has 0 fully saturated rings. The number of amides is 1. The molecule has 4 nitrogen and oxygen atoms in total. The van der Waals surface area contributed by atoms with Gasteiger partial charge in [-0.1, -0.05) is 23.8 Å². The second kappa shape index (κ2) is 6.08. The van der Waals surface area contributed by atoms with E-state index in [0.29, 0.717) is 11.5 Å².